The molecule has 1 saturated heterocycles. The Hall–Kier alpha value is -2.38. The van der Waals surface area contributed by atoms with Gasteiger partial charge in [-0.05, 0) is 61.4 Å². The molecule has 1 heterocycles. The van der Waals surface area contributed by atoms with E-state index in [1.54, 1.807) is 36.4 Å². The number of halogens is 1. The second kappa shape index (κ2) is 9.53. The molecule has 1 aliphatic heterocycles. The van der Waals surface area contributed by atoms with Crippen LogP contribution in [0.3, 0.4) is 0 Å². The zero-order valence-electron chi connectivity index (χ0n) is 14.6. The number of carbonyl (C=O) groups excluding carboxylic acids is 2. The molecular weight excluding hydrogens is 416 g/mol. The van der Waals surface area contributed by atoms with Crippen molar-refractivity contribution in [2.24, 2.45) is 0 Å². The van der Waals surface area contributed by atoms with E-state index >= 15 is 0 Å². The molecule has 6 nitrogen and oxygen atoms in total. The molecular formula is C20H19BrO6. The van der Waals surface area contributed by atoms with Crippen LogP contribution in [0, 0.1) is 0 Å². The second-order valence-corrected chi connectivity index (χ2v) is 6.89. The van der Waals surface area contributed by atoms with Crippen molar-refractivity contribution >= 4 is 27.9 Å². The van der Waals surface area contributed by atoms with Crippen molar-refractivity contribution < 1.29 is 28.5 Å². The first kappa shape index (κ1) is 19.4. The van der Waals surface area contributed by atoms with Crippen molar-refractivity contribution in [1.29, 1.82) is 0 Å². The fraction of sp³-hybridized carbons (Fsp3) is 0.300. The molecule has 2 aromatic carbocycles. The van der Waals surface area contributed by atoms with Crippen LogP contribution < -0.4 is 9.47 Å². The molecule has 1 unspecified atom stereocenters. The first-order valence-corrected chi connectivity index (χ1v) is 9.37. The summed E-state index contributed by atoms with van der Waals surface area (Å²) in [5.41, 5.74) is 0.388. The summed E-state index contributed by atoms with van der Waals surface area (Å²) in [5.74, 6) is -0.0665. The standard InChI is InChI=1S/C20H19BrO6/c21-15-5-9-16(10-6-15)25-13-19(22)27-17-7-3-14(4-8-17)20(23)26-12-18-2-1-11-24-18/h3-10,18H,1-2,11-13H2. The van der Waals surface area contributed by atoms with Gasteiger partial charge in [0.05, 0.1) is 11.7 Å². The van der Waals surface area contributed by atoms with Crippen LogP contribution in [0.2, 0.25) is 0 Å². The first-order chi connectivity index (χ1) is 13.1. The lowest BCUT2D eigenvalue weighted by Gasteiger charge is -2.10. The van der Waals surface area contributed by atoms with Crippen LogP contribution in [-0.2, 0) is 14.3 Å². The van der Waals surface area contributed by atoms with Gasteiger partial charge < -0.3 is 18.9 Å². The molecule has 0 N–H and O–H groups in total. The van der Waals surface area contributed by atoms with Crippen LogP contribution in [0.4, 0.5) is 0 Å². The highest BCUT2D eigenvalue weighted by Crippen LogP contribution is 2.17. The molecule has 0 saturated carbocycles. The highest BCUT2D eigenvalue weighted by molar-refractivity contribution is 9.10. The fourth-order valence-corrected chi connectivity index (χ4v) is 2.79. The average Bonchev–Trinajstić information content (AvgIpc) is 3.20. The number of rotatable bonds is 7. The Morgan fingerprint density at radius 2 is 1.74 bits per heavy atom. The largest absolute Gasteiger partial charge is 0.482 e. The minimum absolute atomic E-state index is 0.0140. The first-order valence-electron chi connectivity index (χ1n) is 8.58. The molecule has 1 aliphatic rings. The Labute approximate surface area is 165 Å². The molecule has 27 heavy (non-hydrogen) atoms. The highest BCUT2D eigenvalue weighted by Gasteiger charge is 2.18. The van der Waals surface area contributed by atoms with Gasteiger partial charge in [0, 0.05) is 11.1 Å². The number of hydrogen-bond acceptors (Lipinski definition) is 6. The van der Waals surface area contributed by atoms with Crippen LogP contribution in [-0.4, -0.2) is 37.9 Å². The zero-order valence-corrected chi connectivity index (χ0v) is 16.1. The van der Waals surface area contributed by atoms with Gasteiger partial charge in [-0.15, -0.1) is 0 Å². The lowest BCUT2D eigenvalue weighted by Crippen LogP contribution is -2.18. The third-order valence-corrected chi connectivity index (χ3v) is 4.45. The van der Waals surface area contributed by atoms with Crippen molar-refractivity contribution in [2.75, 3.05) is 19.8 Å². The van der Waals surface area contributed by atoms with Gasteiger partial charge in [-0.1, -0.05) is 15.9 Å². The minimum atomic E-state index is -0.536. The summed E-state index contributed by atoms with van der Waals surface area (Å²) in [6.45, 7) is 0.754. The number of benzene rings is 2. The van der Waals surface area contributed by atoms with E-state index in [1.807, 2.05) is 12.1 Å². The highest BCUT2D eigenvalue weighted by atomic mass is 79.9. The molecule has 142 valence electrons. The van der Waals surface area contributed by atoms with Gasteiger partial charge in [0.25, 0.3) is 0 Å². The van der Waals surface area contributed by atoms with E-state index in [4.69, 9.17) is 18.9 Å². The summed E-state index contributed by atoms with van der Waals surface area (Å²) in [7, 11) is 0. The normalized spacial score (nSPS) is 16.0. The van der Waals surface area contributed by atoms with Crippen molar-refractivity contribution in [2.45, 2.75) is 18.9 Å². The number of hydrogen-bond donors (Lipinski definition) is 0. The molecule has 3 rings (SSSR count). The average molecular weight is 435 g/mol. The topological polar surface area (TPSA) is 71.1 Å². The van der Waals surface area contributed by atoms with E-state index in [-0.39, 0.29) is 19.3 Å². The smallest absolute Gasteiger partial charge is 0.349 e. The van der Waals surface area contributed by atoms with E-state index < -0.39 is 11.9 Å². The Morgan fingerprint density at radius 3 is 2.41 bits per heavy atom. The predicted octanol–water partition coefficient (Wildman–Crippen LogP) is 3.77. The maximum atomic E-state index is 12.0. The molecule has 0 spiro atoms. The van der Waals surface area contributed by atoms with Crippen LogP contribution in [0.5, 0.6) is 11.5 Å². The monoisotopic (exact) mass is 434 g/mol. The van der Waals surface area contributed by atoms with E-state index in [9.17, 15) is 9.59 Å². The van der Waals surface area contributed by atoms with Crippen molar-refractivity contribution in [1.82, 2.24) is 0 Å². The van der Waals surface area contributed by atoms with Gasteiger partial charge in [0.2, 0.25) is 0 Å². The maximum Gasteiger partial charge on any atom is 0.349 e. The number of carbonyl (C=O) groups is 2. The Morgan fingerprint density at radius 1 is 1.04 bits per heavy atom. The van der Waals surface area contributed by atoms with Gasteiger partial charge >= 0.3 is 11.9 Å². The lowest BCUT2D eigenvalue weighted by molar-refractivity contribution is -0.136. The van der Waals surface area contributed by atoms with Crippen LogP contribution in [0.25, 0.3) is 0 Å². The predicted molar refractivity (Wildman–Crippen MR) is 101 cm³/mol. The lowest BCUT2D eigenvalue weighted by atomic mass is 10.2. The summed E-state index contributed by atoms with van der Waals surface area (Å²) in [5, 5.41) is 0. The van der Waals surface area contributed by atoms with E-state index in [1.165, 1.54) is 0 Å². The maximum absolute atomic E-state index is 12.0. The number of esters is 2. The minimum Gasteiger partial charge on any atom is -0.482 e. The molecule has 1 atom stereocenters. The Kier molecular flexibility index (Phi) is 6.84. The SMILES string of the molecule is O=C(COc1ccc(Br)cc1)Oc1ccc(C(=O)OCC2CCCO2)cc1. The second-order valence-electron chi connectivity index (χ2n) is 5.97. The van der Waals surface area contributed by atoms with Gasteiger partial charge in [-0.3, -0.25) is 0 Å². The molecule has 0 aliphatic carbocycles. The molecule has 0 bridgehead atoms. The fourth-order valence-electron chi connectivity index (χ4n) is 2.52. The molecule has 2 aromatic rings. The quantitative estimate of drug-likeness (QED) is 0.487. The van der Waals surface area contributed by atoms with Crippen LogP contribution in [0.15, 0.2) is 53.0 Å². The molecule has 1 fully saturated rings. The van der Waals surface area contributed by atoms with Gasteiger partial charge in [-0.2, -0.15) is 0 Å². The van der Waals surface area contributed by atoms with Crippen molar-refractivity contribution in [3.63, 3.8) is 0 Å². The number of ether oxygens (including phenoxy) is 4. The Bertz CT molecular complexity index is 766. The van der Waals surface area contributed by atoms with Crippen molar-refractivity contribution in [3.8, 4) is 11.5 Å². The summed E-state index contributed by atoms with van der Waals surface area (Å²) in [6, 6.07) is 13.3. The molecule has 0 aromatic heterocycles. The van der Waals surface area contributed by atoms with Crippen molar-refractivity contribution in [3.05, 3.63) is 58.6 Å². The molecule has 7 heteroatoms. The third kappa shape index (κ3) is 6.08. The molecule has 0 amide bonds. The van der Waals surface area contributed by atoms with Gasteiger partial charge in [0.15, 0.2) is 6.61 Å². The summed E-state index contributed by atoms with van der Waals surface area (Å²) in [6.07, 6.45) is 1.89. The van der Waals surface area contributed by atoms with Crippen LogP contribution >= 0.6 is 15.9 Å². The summed E-state index contributed by atoms with van der Waals surface area (Å²) in [4.78, 5) is 23.9. The Balaban J connectivity index is 1.44. The third-order valence-electron chi connectivity index (χ3n) is 3.92. The van der Waals surface area contributed by atoms with Crippen LogP contribution in [0.1, 0.15) is 23.2 Å². The summed E-state index contributed by atoms with van der Waals surface area (Å²) >= 11 is 3.33. The van der Waals surface area contributed by atoms with E-state index in [0.29, 0.717) is 23.7 Å². The van der Waals surface area contributed by atoms with E-state index in [0.717, 1.165) is 17.3 Å². The molecule has 0 radical (unpaired) electrons. The van der Waals surface area contributed by atoms with Gasteiger partial charge in [0.1, 0.15) is 18.1 Å². The summed E-state index contributed by atoms with van der Waals surface area (Å²) < 4.78 is 22.1. The van der Waals surface area contributed by atoms with E-state index in [2.05, 4.69) is 15.9 Å². The van der Waals surface area contributed by atoms with Gasteiger partial charge in [-0.25, -0.2) is 9.59 Å². The zero-order chi connectivity index (χ0) is 19.1.